The minimum absolute atomic E-state index is 0.102. The molecule has 1 unspecified atom stereocenters. The Balaban J connectivity index is 1.74. The van der Waals surface area contributed by atoms with Crippen LogP contribution in [-0.2, 0) is 9.84 Å². The van der Waals surface area contributed by atoms with Crippen LogP contribution in [0.4, 0.5) is 5.69 Å². The van der Waals surface area contributed by atoms with Crippen LogP contribution >= 0.6 is 0 Å². The smallest absolute Gasteiger partial charge is 0.250 e. The maximum Gasteiger partial charge on any atom is 0.250 e. The van der Waals surface area contributed by atoms with Crippen LogP contribution in [-0.4, -0.2) is 30.1 Å². The predicted molar refractivity (Wildman–Crippen MR) is 80.1 cm³/mol. The third-order valence-electron chi connectivity index (χ3n) is 3.38. The van der Waals surface area contributed by atoms with Gasteiger partial charge in [-0.15, -0.1) is 0 Å². The molecule has 0 spiro atoms. The summed E-state index contributed by atoms with van der Waals surface area (Å²) in [5.41, 5.74) is 7.31. The van der Waals surface area contributed by atoms with Gasteiger partial charge >= 0.3 is 0 Å². The number of hydrogen-bond donors (Lipinski definition) is 1. The van der Waals surface area contributed by atoms with Gasteiger partial charge in [0.1, 0.15) is 0 Å². The molecule has 21 heavy (non-hydrogen) atoms. The minimum atomic E-state index is -2.95. The maximum absolute atomic E-state index is 11.5. The van der Waals surface area contributed by atoms with Gasteiger partial charge in [0.2, 0.25) is 0 Å². The number of benzene rings is 1. The average molecular weight is 305 g/mol. The summed E-state index contributed by atoms with van der Waals surface area (Å²) in [6.45, 7) is 0. The van der Waals surface area contributed by atoms with E-state index in [9.17, 15) is 8.42 Å². The van der Waals surface area contributed by atoms with Gasteiger partial charge in [-0.2, -0.15) is 4.98 Å². The van der Waals surface area contributed by atoms with Crippen LogP contribution in [0.3, 0.4) is 0 Å². The topological polar surface area (TPSA) is 99.1 Å². The second kappa shape index (κ2) is 5.33. The fourth-order valence-electron chi connectivity index (χ4n) is 2.31. The third kappa shape index (κ3) is 3.30. The van der Waals surface area contributed by atoms with E-state index in [1.165, 1.54) is 0 Å². The molecular formula is C14H15N3O3S. The van der Waals surface area contributed by atoms with Gasteiger partial charge in [0.05, 0.1) is 11.5 Å². The first kappa shape index (κ1) is 13.8. The number of aromatic nitrogens is 2. The minimum Gasteiger partial charge on any atom is -0.399 e. The number of nitrogens with zero attached hydrogens (tertiary/aromatic N) is 2. The molecule has 2 aromatic rings. The summed E-state index contributed by atoms with van der Waals surface area (Å²) < 4.78 is 28.0. The molecule has 2 heterocycles. The van der Waals surface area contributed by atoms with E-state index >= 15 is 0 Å². The van der Waals surface area contributed by atoms with Crippen molar-refractivity contribution in [2.45, 2.75) is 12.3 Å². The number of sulfone groups is 1. The molecule has 3 rings (SSSR count). The molecule has 0 aliphatic carbocycles. The van der Waals surface area contributed by atoms with Crippen LogP contribution in [0, 0.1) is 0 Å². The van der Waals surface area contributed by atoms with Crippen molar-refractivity contribution in [1.82, 2.24) is 10.1 Å². The first-order valence-electron chi connectivity index (χ1n) is 6.59. The summed E-state index contributed by atoms with van der Waals surface area (Å²) in [6.07, 6.45) is 4.06. The van der Waals surface area contributed by atoms with Gasteiger partial charge < -0.3 is 10.3 Å². The van der Waals surface area contributed by atoms with Gasteiger partial charge in [-0.05, 0) is 30.2 Å². The molecule has 0 bridgehead atoms. The average Bonchev–Trinajstić information content (AvgIpc) is 3.03. The zero-order valence-corrected chi connectivity index (χ0v) is 12.1. The highest BCUT2D eigenvalue weighted by Crippen LogP contribution is 2.26. The van der Waals surface area contributed by atoms with Crippen LogP contribution in [0.2, 0.25) is 0 Å². The largest absolute Gasteiger partial charge is 0.399 e. The molecule has 110 valence electrons. The van der Waals surface area contributed by atoms with Crippen molar-refractivity contribution in [2.24, 2.45) is 0 Å². The Kier molecular flexibility index (Phi) is 3.50. The van der Waals surface area contributed by atoms with Crippen molar-refractivity contribution in [3.63, 3.8) is 0 Å². The molecule has 1 fully saturated rings. The molecule has 1 aromatic carbocycles. The standard InChI is InChI=1S/C14H15N3O3S/c15-12-3-1-2-10(8-12)4-5-13-16-14(17-20-13)11-6-7-21(18,19)9-11/h1-5,8,11H,6-7,9,15H2/b5-4+. The second-order valence-corrected chi connectivity index (χ2v) is 7.32. The van der Waals surface area contributed by atoms with Crippen molar-refractivity contribution >= 4 is 27.7 Å². The van der Waals surface area contributed by atoms with Crippen LogP contribution < -0.4 is 5.73 Å². The molecule has 1 saturated heterocycles. The van der Waals surface area contributed by atoms with Gasteiger partial charge in [0.25, 0.3) is 5.89 Å². The Morgan fingerprint density at radius 2 is 2.19 bits per heavy atom. The van der Waals surface area contributed by atoms with Gasteiger partial charge in [-0.3, -0.25) is 0 Å². The van der Waals surface area contributed by atoms with Crippen molar-refractivity contribution < 1.29 is 12.9 Å². The molecule has 0 saturated carbocycles. The molecule has 6 nitrogen and oxygen atoms in total. The molecule has 1 aliphatic rings. The van der Waals surface area contributed by atoms with Crippen molar-refractivity contribution in [2.75, 3.05) is 17.2 Å². The van der Waals surface area contributed by atoms with E-state index in [1.54, 1.807) is 6.08 Å². The fourth-order valence-corrected chi connectivity index (χ4v) is 4.05. The molecular weight excluding hydrogens is 290 g/mol. The zero-order chi connectivity index (χ0) is 14.9. The number of nitrogens with two attached hydrogens (primary N) is 1. The second-order valence-electron chi connectivity index (χ2n) is 5.09. The number of nitrogen functional groups attached to an aromatic ring is 1. The summed E-state index contributed by atoms with van der Waals surface area (Å²) in [7, 11) is -2.95. The molecule has 1 aromatic heterocycles. The monoisotopic (exact) mass is 305 g/mol. The van der Waals surface area contributed by atoms with Crippen LogP contribution in [0.25, 0.3) is 12.2 Å². The molecule has 1 atom stereocenters. The van der Waals surface area contributed by atoms with Gasteiger partial charge in [-0.1, -0.05) is 17.3 Å². The van der Waals surface area contributed by atoms with E-state index in [0.717, 1.165) is 5.56 Å². The first-order valence-corrected chi connectivity index (χ1v) is 8.42. The lowest BCUT2D eigenvalue weighted by atomic mass is 10.1. The lowest BCUT2D eigenvalue weighted by Gasteiger charge is -1.97. The van der Waals surface area contributed by atoms with E-state index < -0.39 is 9.84 Å². The van der Waals surface area contributed by atoms with Gasteiger partial charge in [-0.25, -0.2) is 8.42 Å². The summed E-state index contributed by atoms with van der Waals surface area (Å²) in [5, 5.41) is 3.87. The summed E-state index contributed by atoms with van der Waals surface area (Å²) in [5.74, 6) is 0.958. The summed E-state index contributed by atoms with van der Waals surface area (Å²) >= 11 is 0. The SMILES string of the molecule is Nc1cccc(/C=C/c2nc(C3CCS(=O)(=O)C3)no2)c1. The highest BCUT2D eigenvalue weighted by molar-refractivity contribution is 7.91. The third-order valence-corrected chi connectivity index (χ3v) is 5.15. The van der Waals surface area contributed by atoms with Crippen LogP contribution in [0.5, 0.6) is 0 Å². The molecule has 7 heteroatoms. The quantitative estimate of drug-likeness (QED) is 0.867. The van der Waals surface area contributed by atoms with Crippen molar-refractivity contribution in [3.8, 4) is 0 Å². The fraction of sp³-hybridized carbons (Fsp3) is 0.286. The van der Waals surface area contributed by atoms with Gasteiger partial charge in [0.15, 0.2) is 15.7 Å². The van der Waals surface area contributed by atoms with E-state index in [-0.39, 0.29) is 17.4 Å². The first-order chi connectivity index (χ1) is 10.0. The molecule has 0 radical (unpaired) electrons. The molecule has 2 N–H and O–H groups in total. The lowest BCUT2D eigenvalue weighted by molar-refractivity contribution is 0.399. The summed E-state index contributed by atoms with van der Waals surface area (Å²) in [4.78, 5) is 4.24. The number of hydrogen-bond acceptors (Lipinski definition) is 6. The Bertz CT molecular complexity index is 780. The highest BCUT2D eigenvalue weighted by Gasteiger charge is 2.32. The predicted octanol–water partition coefficient (Wildman–Crippen LogP) is 1.72. The highest BCUT2D eigenvalue weighted by atomic mass is 32.2. The lowest BCUT2D eigenvalue weighted by Crippen LogP contribution is -2.04. The summed E-state index contributed by atoms with van der Waals surface area (Å²) in [6, 6.07) is 7.41. The Labute approximate surface area is 122 Å². The maximum atomic E-state index is 11.5. The van der Waals surface area contributed by atoms with Crippen LogP contribution in [0.1, 0.15) is 29.6 Å². The van der Waals surface area contributed by atoms with Gasteiger partial charge in [0, 0.05) is 17.7 Å². The number of anilines is 1. The van der Waals surface area contributed by atoms with E-state index in [2.05, 4.69) is 10.1 Å². The van der Waals surface area contributed by atoms with Crippen molar-refractivity contribution in [3.05, 3.63) is 41.5 Å². The number of rotatable bonds is 3. The Hall–Kier alpha value is -2.15. The van der Waals surface area contributed by atoms with Crippen LogP contribution in [0.15, 0.2) is 28.8 Å². The molecule has 0 amide bonds. The van der Waals surface area contributed by atoms with E-state index in [4.69, 9.17) is 10.3 Å². The molecule has 1 aliphatic heterocycles. The zero-order valence-electron chi connectivity index (χ0n) is 11.3. The van der Waals surface area contributed by atoms with E-state index in [1.807, 2.05) is 30.3 Å². The van der Waals surface area contributed by atoms with E-state index in [0.29, 0.717) is 23.8 Å². The Morgan fingerprint density at radius 3 is 2.90 bits per heavy atom. The van der Waals surface area contributed by atoms with Crippen molar-refractivity contribution in [1.29, 1.82) is 0 Å². The normalized spacial score (nSPS) is 21.0. The Morgan fingerprint density at radius 1 is 1.33 bits per heavy atom.